The van der Waals surface area contributed by atoms with Crippen LogP contribution in [-0.2, 0) is 16.4 Å². The number of phenols is 1. The maximum absolute atomic E-state index is 12.3. The van der Waals surface area contributed by atoms with Crippen LogP contribution in [0.5, 0.6) is 11.5 Å². The molecule has 0 spiro atoms. The van der Waals surface area contributed by atoms with Gasteiger partial charge in [0.05, 0.1) is 17.7 Å². The van der Waals surface area contributed by atoms with E-state index in [-0.39, 0.29) is 10.6 Å². The zero-order valence-corrected chi connectivity index (χ0v) is 15.8. The number of ether oxygens (including phenoxy) is 1. The first kappa shape index (κ1) is 19.8. The Hall–Kier alpha value is -2.54. The van der Waals surface area contributed by atoms with Gasteiger partial charge in [0.25, 0.3) is 10.0 Å². The van der Waals surface area contributed by atoms with Crippen LogP contribution in [0.2, 0.25) is 0 Å². The van der Waals surface area contributed by atoms with Gasteiger partial charge in [-0.3, -0.25) is 0 Å². The Bertz CT molecular complexity index is 846. The largest absolute Gasteiger partial charge is 0.504 e. The lowest BCUT2D eigenvalue weighted by molar-refractivity contribution is 0.318. The summed E-state index contributed by atoms with van der Waals surface area (Å²) in [5.74, 6) is 0.236. The minimum absolute atomic E-state index is 0.0856. The molecule has 0 aliphatic carbocycles. The summed E-state index contributed by atoms with van der Waals surface area (Å²) in [6, 6.07) is 11.7. The SMILES string of the molecule is CCCCc1ccc(S(=O)(=O)N/N=C\c2cccc(OCC)c2O)cc1. The smallest absolute Gasteiger partial charge is 0.276 e. The summed E-state index contributed by atoms with van der Waals surface area (Å²) in [7, 11) is -3.76. The highest BCUT2D eigenvalue weighted by atomic mass is 32.2. The van der Waals surface area contributed by atoms with E-state index >= 15 is 0 Å². The molecule has 0 aromatic heterocycles. The molecule has 0 amide bonds. The first-order valence-electron chi connectivity index (χ1n) is 8.56. The maximum Gasteiger partial charge on any atom is 0.276 e. The van der Waals surface area contributed by atoms with Crippen molar-refractivity contribution in [3.8, 4) is 11.5 Å². The lowest BCUT2D eigenvalue weighted by atomic mass is 10.1. The molecule has 0 radical (unpaired) electrons. The number of aromatic hydroxyl groups is 1. The fourth-order valence-corrected chi connectivity index (χ4v) is 3.14. The van der Waals surface area contributed by atoms with E-state index in [1.54, 1.807) is 30.3 Å². The second-order valence-corrected chi connectivity index (χ2v) is 7.39. The number of benzene rings is 2. The molecule has 0 saturated carbocycles. The van der Waals surface area contributed by atoms with Gasteiger partial charge in [-0.15, -0.1) is 0 Å². The third-order valence-corrected chi connectivity index (χ3v) is 5.00. The summed E-state index contributed by atoms with van der Waals surface area (Å²) < 4.78 is 29.9. The van der Waals surface area contributed by atoms with Gasteiger partial charge in [0.1, 0.15) is 0 Å². The molecule has 2 aromatic rings. The molecule has 0 atom stereocenters. The highest BCUT2D eigenvalue weighted by Crippen LogP contribution is 2.28. The Morgan fingerprint density at radius 1 is 1.15 bits per heavy atom. The van der Waals surface area contributed by atoms with Crippen LogP contribution >= 0.6 is 0 Å². The van der Waals surface area contributed by atoms with Crippen LogP contribution in [0.25, 0.3) is 0 Å². The van der Waals surface area contributed by atoms with Gasteiger partial charge < -0.3 is 9.84 Å². The van der Waals surface area contributed by atoms with E-state index in [0.29, 0.717) is 17.9 Å². The van der Waals surface area contributed by atoms with E-state index in [1.165, 1.54) is 6.21 Å². The molecule has 0 aliphatic rings. The van der Waals surface area contributed by atoms with E-state index in [1.807, 2.05) is 19.1 Å². The normalized spacial score (nSPS) is 11.6. The summed E-state index contributed by atoms with van der Waals surface area (Å²) >= 11 is 0. The van der Waals surface area contributed by atoms with Gasteiger partial charge in [-0.1, -0.05) is 31.5 Å². The Balaban J connectivity index is 2.08. The number of hydrogen-bond donors (Lipinski definition) is 2. The van der Waals surface area contributed by atoms with Crippen molar-refractivity contribution in [2.24, 2.45) is 5.10 Å². The van der Waals surface area contributed by atoms with Crippen LogP contribution in [-0.4, -0.2) is 26.3 Å². The van der Waals surface area contributed by atoms with Crippen molar-refractivity contribution in [1.29, 1.82) is 0 Å². The zero-order chi connectivity index (χ0) is 19.0. The highest BCUT2D eigenvalue weighted by molar-refractivity contribution is 7.89. The van der Waals surface area contributed by atoms with E-state index in [0.717, 1.165) is 24.8 Å². The number of hydrogen-bond acceptors (Lipinski definition) is 5. The Morgan fingerprint density at radius 2 is 1.88 bits per heavy atom. The van der Waals surface area contributed by atoms with Gasteiger partial charge >= 0.3 is 0 Å². The molecule has 0 aliphatic heterocycles. The van der Waals surface area contributed by atoms with Crippen LogP contribution in [0.4, 0.5) is 0 Å². The molecule has 0 fully saturated rings. The van der Waals surface area contributed by atoms with Gasteiger partial charge in [-0.25, -0.2) is 4.83 Å². The summed E-state index contributed by atoms with van der Waals surface area (Å²) in [6.07, 6.45) is 4.33. The molecule has 6 nitrogen and oxygen atoms in total. The molecular weight excluding hydrogens is 352 g/mol. The molecule has 140 valence electrons. The average molecular weight is 376 g/mol. The van der Waals surface area contributed by atoms with Crippen molar-refractivity contribution in [2.75, 3.05) is 6.61 Å². The van der Waals surface area contributed by atoms with E-state index in [9.17, 15) is 13.5 Å². The number of rotatable bonds is 9. The Morgan fingerprint density at radius 3 is 2.54 bits per heavy atom. The summed E-state index contributed by atoms with van der Waals surface area (Å²) in [6.45, 7) is 4.33. The fraction of sp³-hybridized carbons (Fsp3) is 0.316. The van der Waals surface area contributed by atoms with Crippen LogP contribution in [0.15, 0.2) is 52.5 Å². The number of nitrogens with zero attached hydrogens (tertiary/aromatic N) is 1. The van der Waals surface area contributed by atoms with Gasteiger partial charge in [0, 0.05) is 5.56 Å². The lowest BCUT2D eigenvalue weighted by Gasteiger charge is -2.07. The topological polar surface area (TPSA) is 88.0 Å². The standard InChI is InChI=1S/C19H24N2O4S/c1-3-5-7-15-10-12-17(13-11-15)26(23,24)21-20-14-16-8-6-9-18(19(16)22)25-4-2/h6,8-14,21-22H,3-5,7H2,1-2H3/b20-14-. The Labute approximate surface area is 154 Å². The van der Waals surface area contributed by atoms with Crippen LogP contribution in [0.3, 0.4) is 0 Å². The number of hydrazone groups is 1. The first-order valence-corrected chi connectivity index (χ1v) is 10.0. The van der Waals surface area contributed by atoms with Crippen molar-refractivity contribution in [3.05, 3.63) is 53.6 Å². The quantitative estimate of drug-likeness (QED) is 0.518. The molecule has 0 bridgehead atoms. The minimum Gasteiger partial charge on any atom is -0.504 e. The van der Waals surface area contributed by atoms with Crippen molar-refractivity contribution in [1.82, 2.24) is 4.83 Å². The van der Waals surface area contributed by atoms with Crippen LogP contribution in [0.1, 0.15) is 37.8 Å². The van der Waals surface area contributed by atoms with E-state index in [4.69, 9.17) is 4.74 Å². The molecule has 2 aromatic carbocycles. The average Bonchev–Trinajstić information content (AvgIpc) is 2.63. The summed E-state index contributed by atoms with van der Waals surface area (Å²) in [5.41, 5.74) is 1.46. The Kier molecular flexibility index (Phi) is 7.03. The monoisotopic (exact) mass is 376 g/mol. The molecule has 2 N–H and O–H groups in total. The number of aryl methyl sites for hydroxylation is 1. The first-order chi connectivity index (χ1) is 12.5. The minimum atomic E-state index is -3.76. The predicted octanol–water partition coefficient (Wildman–Crippen LogP) is 3.45. The number of phenolic OH excluding ortho intramolecular Hbond substituents is 1. The number of para-hydroxylation sites is 1. The van der Waals surface area contributed by atoms with Crippen LogP contribution in [0, 0.1) is 0 Å². The van der Waals surface area contributed by atoms with Crippen LogP contribution < -0.4 is 9.57 Å². The molecular formula is C19H24N2O4S. The molecule has 0 heterocycles. The predicted molar refractivity (Wildman–Crippen MR) is 102 cm³/mol. The molecule has 7 heteroatoms. The summed E-state index contributed by atoms with van der Waals surface area (Å²) in [5, 5.41) is 13.8. The number of unbranched alkanes of at least 4 members (excludes halogenated alkanes) is 1. The van der Waals surface area contributed by atoms with Crippen molar-refractivity contribution < 1.29 is 18.3 Å². The second-order valence-electron chi connectivity index (χ2n) is 5.73. The van der Waals surface area contributed by atoms with Crippen molar-refractivity contribution in [2.45, 2.75) is 38.0 Å². The third kappa shape index (κ3) is 5.23. The van der Waals surface area contributed by atoms with Gasteiger partial charge in [0.15, 0.2) is 11.5 Å². The van der Waals surface area contributed by atoms with Gasteiger partial charge in [-0.05, 0) is 49.6 Å². The number of sulfonamides is 1. The zero-order valence-electron chi connectivity index (χ0n) is 15.0. The molecule has 2 rings (SSSR count). The maximum atomic E-state index is 12.3. The van der Waals surface area contributed by atoms with Gasteiger partial charge in [-0.2, -0.15) is 13.5 Å². The van der Waals surface area contributed by atoms with Crippen molar-refractivity contribution >= 4 is 16.2 Å². The molecule has 26 heavy (non-hydrogen) atoms. The molecule has 0 unspecified atom stereocenters. The molecule has 0 saturated heterocycles. The fourth-order valence-electron chi connectivity index (χ4n) is 2.35. The lowest BCUT2D eigenvalue weighted by Crippen LogP contribution is -2.18. The number of nitrogens with one attached hydrogen (secondary N) is 1. The highest BCUT2D eigenvalue weighted by Gasteiger charge is 2.12. The van der Waals surface area contributed by atoms with Crippen molar-refractivity contribution in [3.63, 3.8) is 0 Å². The van der Waals surface area contributed by atoms with E-state index in [2.05, 4.69) is 16.9 Å². The summed E-state index contributed by atoms with van der Waals surface area (Å²) in [4.78, 5) is 2.30. The third-order valence-electron chi connectivity index (χ3n) is 3.76. The second kappa shape index (κ2) is 9.24. The van der Waals surface area contributed by atoms with E-state index < -0.39 is 10.0 Å². The van der Waals surface area contributed by atoms with Gasteiger partial charge in [0.2, 0.25) is 0 Å².